The fourth-order valence-corrected chi connectivity index (χ4v) is 2.46. The molecule has 2 aromatic carbocycles. The third-order valence-electron chi connectivity index (χ3n) is 3.57. The van der Waals surface area contributed by atoms with Gasteiger partial charge in [0.25, 0.3) is 5.91 Å². The molecule has 2 rings (SSSR count). The summed E-state index contributed by atoms with van der Waals surface area (Å²) < 4.78 is 0. The largest absolute Gasteiger partial charge is 0.339 e. The first kappa shape index (κ1) is 14.3. The van der Waals surface area contributed by atoms with Gasteiger partial charge in [0.2, 0.25) is 0 Å². The number of amides is 1. The quantitative estimate of drug-likeness (QED) is 0.796. The first-order valence-electron chi connectivity index (χ1n) is 6.92. The molecule has 0 spiro atoms. The van der Waals surface area contributed by atoms with Crippen molar-refractivity contribution < 1.29 is 9.59 Å². The summed E-state index contributed by atoms with van der Waals surface area (Å²) in [5.41, 5.74) is 1.03. The molecule has 2 aromatic rings. The van der Waals surface area contributed by atoms with Crippen molar-refractivity contribution in [3.63, 3.8) is 0 Å². The van der Waals surface area contributed by atoms with Gasteiger partial charge in [-0.05, 0) is 37.6 Å². The Morgan fingerprint density at radius 3 is 2.25 bits per heavy atom. The molecular formula is C17H19NO2. The first-order chi connectivity index (χ1) is 9.60. The summed E-state index contributed by atoms with van der Waals surface area (Å²) in [5, 5.41) is 1.82. The van der Waals surface area contributed by atoms with Crippen LogP contribution < -0.4 is 0 Å². The van der Waals surface area contributed by atoms with E-state index in [4.69, 9.17) is 0 Å². The summed E-state index contributed by atoms with van der Waals surface area (Å²) in [6.07, 6.45) is 0. The molecule has 0 radical (unpaired) electrons. The van der Waals surface area contributed by atoms with Crippen LogP contribution >= 0.6 is 0 Å². The molecule has 0 aliphatic carbocycles. The normalized spacial score (nSPS) is 10.6. The van der Waals surface area contributed by atoms with E-state index in [0.717, 1.165) is 10.8 Å². The zero-order valence-corrected chi connectivity index (χ0v) is 12.1. The smallest absolute Gasteiger partial charge is 0.255 e. The Bertz CT molecular complexity index is 657. The molecule has 104 valence electrons. The Labute approximate surface area is 119 Å². The molecule has 3 nitrogen and oxygen atoms in total. The van der Waals surface area contributed by atoms with E-state index in [1.165, 1.54) is 6.92 Å². The topological polar surface area (TPSA) is 37.4 Å². The molecule has 0 fully saturated rings. The van der Waals surface area contributed by atoms with Gasteiger partial charge < -0.3 is 4.90 Å². The second-order valence-corrected chi connectivity index (χ2v) is 4.74. The Morgan fingerprint density at radius 2 is 1.65 bits per heavy atom. The molecule has 0 saturated carbocycles. The van der Waals surface area contributed by atoms with Crippen molar-refractivity contribution in [3.8, 4) is 0 Å². The summed E-state index contributed by atoms with van der Waals surface area (Å²) in [7, 11) is 0. The molecule has 1 amide bonds. The van der Waals surface area contributed by atoms with E-state index in [1.807, 2.05) is 44.2 Å². The van der Waals surface area contributed by atoms with Gasteiger partial charge in [-0.25, -0.2) is 0 Å². The van der Waals surface area contributed by atoms with Crippen molar-refractivity contribution in [3.05, 3.63) is 47.5 Å². The number of benzene rings is 2. The predicted octanol–water partition coefficient (Wildman–Crippen LogP) is 3.52. The number of hydrogen-bond acceptors (Lipinski definition) is 2. The van der Waals surface area contributed by atoms with Crippen molar-refractivity contribution >= 4 is 22.5 Å². The molecule has 0 bridgehead atoms. The van der Waals surface area contributed by atoms with Gasteiger partial charge in [-0.1, -0.05) is 30.3 Å². The molecule has 0 heterocycles. The molecular weight excluding hydrogens is 250 g/mol. The summed E-state index contributed by atoms with van der Waals surface area (Å²) in [4.78, 5) is 26.3. The van der Waals surface area contributed by atoms with Gasteiger partial charge in [0.05, 0.1) is 5.56 Å². The van der Waals surface area contributed by atoms with E-state index >= 15 is 0 Å². The highest BCUT2D eigenvalue weighted by molar-refractivity contribution is 6.15. The van der Waals surface area contributed by atoms with Crippen LogP contribution in [0.2, 0.25) is 0 Å². The zero-order chi connectivity index (χ0) is 14.7. The number of carbonyl (C=O) groups excluding carboxylic acids is 2. The van der Waals surface area contributed by atoms with Crippen molar-refractivity contribution in [2.45, 2.75) is 20.8 Å². The monoisotopic (exact) mass is 269 g/mol. The molecule has 0 unspecified atom stereocenters. The zero-order valence-electron chi connectivity index (χ0n) is 12.1. The van der Waals surface area contributed by atoms with E-state index < -0.39 is 0 Å². The lowest BCUT2D eigenvalue weighted by Gasteiger charge is -2.21. The van der Waals surface area contributed by atoms with E-state index in [-0.39, 0.29) is 11.7 Å². The number of nitrogens with zero attached hydrogens (tertiary/aromatic N) is 1. The molecule has 0 atom stereocenters. The number of carbonyl (C=O) groups is 2. The Morgan fingerprint density at radius 1 is 1.00 bits per heavy atom. The molecule has 0 aromatic heterocycles. The Hall–Kier alpha value is -2.16. The fourth-order valence-electron chi connectivity index (χ4n) is 2.46. The van der Waals surface area contributed by atoms with Crippen LogP contribution in [0.25, 0.3) is 10.8 Å². The maximum absolute atomic E-state index is 12.7. The number of ketones is 1. The minimum absolute atomic E-state index is 0.0722. The summed E-state index contributed by atoms with van der Waals surface area (Å²) in [6.45, 7) is 6.66. The van der Waals surface area contributed by atoms with Gasteiger partial charge in [-0.15, -0.1) is 0 Å². The lowest BCUT2D eigenvalue weighted by atomic mass is 9.96. The summed E-state index contributed by atoms with van der Waals surface area (Å²) >= 11 is 0. The highest BCUT2D eigenvalue weighted by atomic mass is 16.2. The van der Waals surface area contributed by atoms with Crippen LogP contribution in [0.4, 0.5) is 0 Å². The minimum Gasteiger partial charge on any atom is -0.339 e. The van der Waals surface area contributed by atoms with Crippen molar-refractivity contribution in [2.24, 2.45) is 0 Å². The van der Waals surface area contributed by atoms with Gasteiger partial charge in [0.1, 0.15) is 0 Å². The van der Waals surface area contributed by atoms with Gasteiger partial charge in [0, 0.05) is 18.7 Å². The molecule has 0 aliphatic heterocycles. The maximum Gasteiger partial charge on any atom is 0.255 e. The standard InChI is InChI=1S/C17H19NO2/c1-4-18(5-2)17(20)16-14(12(3)19)11-10-13-8-6-7-9-15(13)16/h6-11H,4-5H2,1-3H3. The van der Waals surface area contributed by atoms with Crippen molar-refractivity contribution in [1.29, 1.82) is 0 Å². The van der Waals surface area contributed by atoms with Crippen LogP contribution in [0.5, 0.6) is 0 Å². The number of fused-ring (bicyclic) bond motifs is 1. The van der Waals surface area contributed by atoms with Gasteiger partial charge in [-0.3, -0.25) is 9.59 Å². The van der Waals surface area contributed by atoms with Crippen LogP contribution in [0, 0.1) is 0 Å². The highest BCUT2D eigenvalue weighted by Crippen LogP contribution is 2.24. The van der Waals surface area contributed by atoms with E-state index in [9.17, 15) is 9.59 Å². The van der Waals surface area contributed by atoms with E-state index in [0.29, 0.717) is 24.2 Å². The molecule has 0 aliphatic rings. The highest BCUT2D eigenvalue weighted by Gasteiger charge is 2.21. The number of rotatable bonds is 4. The van der Waals surface area contributed by atoms with Crippen LogP contribution in [0.3, 0.4) is 0 Å². The van der Waals surface area contributed by atoms with Crippen LogP contribution in [-0.4, -0.2) is 29.7 Å². The van der Waals surface area contributed by atoms with Crippen molar-refractivity contribution in [1.82, 2.24) is 4.90 Å². The maximum atomic E-state index is 12.7. The van der Waals surface area contributed by atoms with E-state index in [2.05, 4.69) is 0 Å². The molecule has 0 saturated heterocycles. The van der Waals surface area contributed by atoms with Crippen molar-refractivity contribution in [2.75, 3.05) is 13.1 Å². The van der Waals surface area contributed by atoms with Crippen LogP contribution in [0.1, 0.15) is 41.5 Å². The summed E-state index contributed by atoms with van der Waals surface area (Å²) in [6, 6.07) is 11.3. The third kappa shape index (κ3) is 2.44. The van der Waals surface area contributed by atoms with Gasteiger partial charge in [-0.2, -0.15) is 0 Å². The lowest BCUT2D eigenvalue weighted by Crippen LogP contribution is -2.31. The first-order valence-corrected chi connectivity index (χ1v) is 6.92. The van der Waals surface area contributed by atoms with Gasteiger partial charge in [0.15, 0.2) is 5.78 Å². The number of Topliss-reactive ketones (excluding diaryl/α,β-unsaturated/α-hetero) is 1. The number of hydrogen-bond donors (Lipinski definition) is 0. The van der Waals surface area contributed by atoms with E-state index in [1.54, 1.807) is 11.0 Å². The SMILES string of the molecule is CCN(CC)C(=O)c1c(C(C)=O)ccc2ccccc12. The average Bonchev–Trinajstić information content (AvgIpc) is 2.46. The molecule has 20 heavy (non-hydrogen) atoms. The lowest BCUT2D eigenvalue weighted by molar-refractivity contribution is 0.0770. The predicted molar refractivity (Wildman–Crippen MR) is 81.2 cm³/mol. The molecule has 0 N–H and O–H groups in total. The second kappa shape index (κ2) is 5.87. The second-order valence-electron chi connectivity index (χ2n) is 4.74. The average molecular weight is 269 g/mol. The fraction of sp³-hybridized carbons (Fsp3) is 0.294. The molecule has 3 heteroatoms. The van der Waals surface area contributed by atoms with Crippen LogP contribution in [0.15, 0.2) is 36.4 Å². The van der Waals surface area contributed by atoms with Crippen LogP contribution in [-0.2, 0) is 0 Å². The third-order valence-corrected chi connectivity index (χ3v) is 3.57. The Kier molecular flexibility index (Phi) is 4.18. The minimum atomic E-state index is -0.0775. The van der Waals surface area contributed by atoms with Gasteiger partial charge >= 0.3 is 0 Å². The Balaban J connectivity index is 2.73. The summed E-state index contributed by atoms with van der Waals surface area (Å²) in [5.74, 6) is -0.150.